The van der Waals surface area contributed by atoms with Crippen molar-refractivity contribution in [3.63, 3.8) is 0 Å². The Morgan fingerprint density at radius 3 is 2.29 bits per heavy atom. The fraction of sp³-hybridized carbons (Fsp3) is 0.542. The number of nitrogens with zero attached hydrogens (tertiary/aromatic N) is 2. The number of fused-ring (bicyclic) bond motifs is 5. The Kier molecular flexibility index (Phi) is 4.79. The van der Waals surface area contributed by atoms with Gasteiger partial charge < -0.3 is 14.4 Å². The third-order valence-corrected chi connectivity index (χ3v) is 7.58. The molecule has 0 N–H and O–H groups in total. The Bertz CT molecular complexity index is 943. The van der Waals surface area contributed by atoms with Gasteiger partial charge in [0.25, 0.3) is 0 Å². The first-order valence-corrected chi connectivity index (χ1v) is 11.0. The van der Waals surface area contributed by atoms with Crippen molar-refractivity contribution in [2.24, 2.45) is 23.7 Å². The number of imide groups is 1. The molecule has 7 heteroatoms. The fourth-order valence-corrected chi connectivity index (χ4v) is 6.09. The molecule has 164 valence electrons. The number of rotatable bonds is 5. The van der Waals surface area contributed by atoms with Gasteiger partial charge in [0.1, 0.15) is 6.04 Å². The highest BCUT2D eigenvalue weighted by Gasteiger charge is 2.60. The van der Waals surface area contributed by atoms with E-state index in [4.69, 9.17) is 9.47 Å². The van der Waals surface area contributed by atoms with Gasteiger partial charge >= 0.3 is 0 Å². The van der Waals surface area contributed by atoms with Gasteiger partial charge in [-0.3, -0.25) is 19.3 Å². The van der Waals surface area contributed by atoms with Crippen molar-refractivity contribution in [1.82, 2.24) is 9.80 Å². The van der Waals surface area contributed by atoms with Crippen molar-refractivity contribution < 1.29 is 23.9 Å². The summed E-state index contributed by atoms with van der Waals surface area (Å²) in [6.45, 7) is 2.30. The summed E-state index contributed by atoms with van der Waals surface area (Å²) in [6, 6.07) is 4.79. The van der Waals surface area contributed by atoms with Crippen molar-refractivity contribution in [3.8, 4) is 11.5 Å². The molecule has 2 bridgehead atoms. The SMILES string of the molecule is COc1ccc([C@@H]2CCCN2C(=O)[C@@H](C)N2C(=O)[C@@H]3[C@H](C2=O)[C@H]2C=C[C@H]3C2)cc1OC. The molecule has 4 aliphatic rings. The van der Waals surface area contributed by atoms with Gasteiger partial charge in [-0.05, 0) is 55.7 Å². The quantitative estimate of drug-likeness (QED) is 0.536. The average molecular weight is 424 g/mol. The van der Waals surface area contributed by atoms with Crippen molar-refractivity contribution in [3.05, 3.63) is 35.9 Å². The van der Waals surface area contributed by atoms with Gasteiger partial charge in [0.2, 0.25) is 17.7 Å². The maximum atomic E-state index is 13.5. The number of hydrogen-bond acceptors (Lipinski definition) is 5. The zero-order valence-electron chi connectivity index (χ0n) is 18.1. The van der Waals surface area contributed by atoms with E-state index in [1.54, 1.807) is 21.1 Å². The molecule has 3 amide bonds. The van der Waals surface area contributed by atoms with E-state index in [9.17, 15) is 14.4 Å². The Morgan fingerprint density at radius 1 is 1.03 bits per heavy atom. The predicted molar refractivity (Wildman–Crippen MR) is 112 cm³/mol. The van der Waals surface area contributed by atoms with E-state index in [0.717, 1.165) is 24.8 Å². The highest BCUT2D eigenvalue weighted by Crippen LogP contribution is 2.53. The van der Waals surface area contributed by atoms with Crippen LogP contribution in [0.2, 0.25) is 0 Å². The molecule has 1 aromatic rings. The topological polar surface area (TPSA) is 76.2 Å². The minimum Gasteiger partial charge on any atom is -0.493 e. The number of methoxy groups -OCH3 is 2. The third-order valence-electron chi connectivity index (χ3n) is 7.58. The van der Waals surface area contributed by atoms with Crippen LogP contribution in [-0.4, -0.2) is 54.3 Å². The van der Waals surface area contributed by atoms with Crippen molar-refractivity contribution >= 4 is 17.7 Å². The molecule has 0 aromatic heterocycles. The van der Waals surface area contributed by atoms with Crippen LogP contribution < -0.4 is 9.47 Å². The van der Waals surface area contributed by atoms with Crippen LogP contribution in [0.1, 0.15) is 37.8 Å². The molecule has 2 aliphatic heterocycles. The monoisotopic (exact) mass is 424 g/mol. The molecule has 0 spiro atoms. The summed E-state index contributed by atoms with van der Waals surface area (Å²) >= 11 is 0. The number of amides is 3. The molecule has 1 aromatic carbocycles. The summed E-state index contributed by atoms with van der Waals surface area (Å²) in [6.07, 6.45) is 6.73. The number of hydrogen-bond donors (Lipinski definition) is 0. The minimum atomic E-state index is -0.786. The van der Waals surface area contributed by atoms with Gasteiger partial charge in [0.15, 0.2) is 11.5 Å². The van der Waals surface area contributed by atoms with E-state index < -0.39 is 6.04 Å². The number of likely N-dealkylation sites (tertiary alicyclic amines) is 2. The van der Waals surface area contributed by atoms with Crippen molar-refractivity contribution in [2.75, 3.05) is 20.8 Å². The van der Waals surface area contributed by atoms with Gasteiger partial charge in [-0.15, -0.1) is 0 Å². The first-order valence-electron chi connectivity index (χ1n) is 11.0. The molecule has 3 fully saturated rings. The van der Waals surface area contributed by atoms with Crippen LogP contribution in [0.25, 0.3) is 0 Å². The van der Waals surface area contributed by atoms with E-state index >= 15 is 0 Å². The lowest BCUT2D eigenvalue weighted by Gasteiger charge is -2.31. The minimum absolute atomic E-state index is 0.111. The van der Waals surface area contributed by atoms with Crippen LogP contribution >= 0.6 is 0 Å². The van der Waals surface area contributed by atoms with Gasteiger partial charge in [-0.2, -0.15) is 0 Å². The number of benzene rings is 1. The smallest absolute Gasteiger partial charge is 0.246 e. The summed E-state index contributed by atoms with van der Waals surface area (Å²) in [7, 11) is 3.18. The Morgan fingerprint density at radius 2 is 1.68 bits per heavy atom. The van der Waals surface area contributed by atoms with Crippen LogP contribution in [0.15, 0.2) is 30.4 Å². The van der Waals surface area contributed by atoms with E-state index in [0.29, 0.717) is 18.0 Å². The lowest BCUT2D eigenvalue weighted by Crippen LogP contribution is -2.50. The van der Waals surface area contributed by atoms with Crippen LogP contribution in [0.4, 0.5) is 0 Å². The maximum absolute atomic E-state index is 13.5. The molecular weight excluding hydrogens is 396 g/mol. The van der Waals surface area contributed by atoms with Gasteiger partial charge in [0.05, 0.1) is 32.1 Å². The largest absolute Gasteiger partial charge is 0.493 e. The standard InChI is InChI=1S/C24H28N2O5/c1-13(26-23(28)20-15-6-7-16(11-15)21(20)24(26)29)22(27)25-10-4-5-17(25)14-8-9-18(30-2)19(12-14)31-3/h6-9,12-13,15-17,20-21H,4-5,10-11H2,1-3H3/t13-,15+,16+,17+,20-,21+/m1/s1. The number of carbonyl (C=O) groups is 3. The van der Waals surface area contributed by atoms with E-state index in [1.807, 2.05) is 23.1 Å². The molecule has 7 nitrogen and oxygen atoms in total. The molecule has 5 rings (SSSR count). The highest BCUT2D eigenvalue weighted by atomic mass is 16.5. The molecule has 1 saturated carbocycles. The highest BCUT2D eigenvalue weighted by molar-refractivity contribution is 6.09. The van der Waals surface area contributed by atoms with Crippen molar-refractivity contribution in [2.45, 2.75) is 38.3 Å². The summed E-state index contributed by atoms with van der Waals surface area (Å²) in [5.41, 5.74) is 0.967. The Labute approximate surface area is 182 Å². The number of carbonyl (C=O) groups excluding carboxylic acids is 3. The second-order valence-electron chi connectivity index (χ2n) is 9.03. The predicted octanol–water partition coefficient (Wildman–Crippen LogP) is 2.56. The number of allylic oxidation sites excluding steroid dienone is 2. The molecular formula is C24H28N2O5. The summed E-state index contributed by atoms with van der Waals surface area (Å²) in [4.78, 5) is 42.8. The van der Waals surface area contributed by atoms with Crippen LogP contribution in [0.3, 0.4) is 0 Å². The Balaban J connectivity index is 1.37. The zero-order chi connectivity index (χ0) is 21.9. The lowest BCUT2D eigenvalue weighted by molar-refractivity contribution is -0.152. The second-order valence-corrected chi connectivity index (χ2v) is 9.03. The molecule has 2 heterocycles. The van der Waals surface area contributed by atoms with Crippen LogP contribution in [0.5, 0.6) is 11.5 Å². The van der Waals surface area contributed by atoms with Crippen LogP contribution in [-0.2, 0) is 14.4 Å². The normalized spacial score (nSPS) is 32.0. The zero-order valence-corrected chi connectivity index (χ0v) is 18.1. The fourth-order valence-electron chi connectivity index (χ4n) is 6.09. The maximum Gasteiger partial charge on any atom is 0.246 e. The Hall–Kier alpha value is -2.83. The third kappa shape index (κ3) is 2.89. The van der Waals surface area contributed by atoms with E-state index in [1.165, 1.54) is 4.90 Å². The molecule has 2 saturated heterocycles. The molecule has 2 aliphatic carbocycles. The molecule has 6 atom stereocenters. The first kappa shape index (κ1) is 20.1. The van der Waals surface area contributed by atoms with Gasteiger partial charge in [0, 0.05) is 6.54 Å². The summed E-state index contributed by atoms with van der Waals surface area (Å²) in [5, 5.41) is 0. The average Bonchev–Trinajstić information content (AvgIpc) is 3.56. The first-order chi connectivity index (χ1) is 15.0. The second kappa shape index (κ2) is 7.39. The molecule has 0 radical (unpaired) electrons. The summed E-state index contributed by atoms with van der Waals surface area (Å²) in [5.74, 6) is 0.473. The molecule has 0 unspecified atom stereocenters. The van der Waals surface area contributed by atoms with Crippen LogP contribution in [0, 0.1) is 23.7 Å². The summed E-state index contributed by atoms with van der Waals surface area (Å²) < 4.78 is 10.7. The van der Waals surface area contributed by atoms with Gasteiger partial charge in [-0.1, -0.05) is 18.2 Å². The van der Waals surface area contributed by atoms with Crippen molar-refractivity contribution in [1.29, 1.82) is 0 Å². The van der Waals surface area contributed by atoms with E-state index in [-0.39, 0.29) is 47.4 Å². The lowest BCUT2D eigenvalue weighted by atomic mass is 9.85. The van der Waals surface area contributed by atoms with E-state index in [2.05, 4.69) is 12.2 Å². The molecule has 31 heavy (non-hydrogen) atoms. The number of ether oxygens (including phenoxy) is 2. The van der Waals surface area contributed by atoms with Gasteiger partial charge in [-0.25, -0.2) is 0 Å².